The third-order valence-corrected chi connectivity index (χ3v) is 5.08. The van der Waals surface area contributed by atoms with Crippen LogP contribution >= 0.6 is 0 Å². The third-order valence-electron chi connectivity index (χ3n) is 5.08. The number of aromatic nitrogens is 2. The predicted molar refractivity (Wildman–Crippen MR) is 115 cm³/mol. The number of carbonyl (C=O) groups is 1. The summed E-state index contributed by atoms with van der Waals surface area (Å²) in [6, 6.07) is 27.9. The molecule has 0 unspecified atom stereocenters. The average Bonchev–Trinajstić information content (AvgIpc) is 3.30. The second-order valence-electron chi connectivity index (χ2n) is 7.05. The van der Waals surface area contributed by atoms with Crippen LogP contribution in [-0.4, -0.2) is 15.5 Å². The Morgan fingerprint density at radius 3 is 1.93 bits per heavy atom. The monoisotopic (exact) mass is 381 g/mol. The topological polar surface area (TPSA) is 46.9 Å². The Bertz CT molecular complexity index is 1000. The summed E-state index contributed by atoms with van der Waals surface area (Å²) in [5.41, 5.74) is 4.07. The zero-order valence-corrected chi connectivity index (χ0v) is 16.3. The van der Waals surface area contributed by atoms with Gasteiger partial charge in [-0.25, -0.2) is 4.98 Å². The number of benzene rings is 3. The van der Waals surface area contributed by atoms with E-state index in [4.69, 9.17) is 0 Å². The van der Waals surface area contributed by atoms with Gasteiger partial charge in [-0.1, -0.05) is 72.8 Å². The van der Waals surface area contributed by atoms with Crippen molar-refractivity contribution in [3.8, 4) is 5.69 Å². The van der Waals surface area contributed by atoms with Gasteiger partial charge in [0.25, 0.3) is 0 Å². The molecule has 1 amide bonds. The van der Waals surface area contributed by atoms with E-state index in [9.17, 15) is 4.79 Å². The zero-order valence-electron chi connectivity index (χ0n) is 16.3. The van der Waals surface area contributed by atoms with E-state index < -0.39 is 0 Å². The molecule has 4 nitrogen and oxygen atoms in total. The van der Waals surface area contributed by atoms with Crippen molar-refractivity contribution < 1.29 is 4.79 Å². The molecule has 4 aromatic rings. The van der Waals surface area contributed by atoms with E-state index in [2.05, 4.69) is 10.3 Å². The zero-order chi connectivity index (χ0) is 20.1. The summed E-state index contributed by atoms with van der Waals surface area (Å²) in [7, 11) is 0. The molecule has 1 aromatic heterocycles. The van der Waals surface area contributed by atoms with Gasteiger partial charge in [-0.3, -0.25) is 4.79 Å². The minimum atomic E-state index is -0.343. The van der Waals surface area contributed by atoms with Gasteiger partial charge in [0, 0.05) is 18.1 Å². The summed E-state index contributed by atoms with van der Waals surface area (Å²) in [5, 5.41) is 3.19. The fourth-order valence-corrected chi connectivity index (χ4v) is 3.51. The highest BCUT2D eigenvalue weighted by Crippen LogP contribution is 2.26. The van der Waals surface area contributed by atoms with E-state index in [-0.39, 0.29) is 17.9 Å². The lowest BCUT2D eigenvalue weighted by atomic mass is 9.90. The van der Waals surface area contributed by atoms with E-state index >= 15 is 0 Å². The molecule has 0 aliphatic carbocycles. The molecular weight excluding hydrogens is 358 g/mol. The van der Waals surface area contributed by atoms with Crippen molar-refractivity contribution >= 4 is 5.91 Å². The first-order valence-electron chi connectivity index (χ1n) is 9.71. The maximum atomic E-state index is 13.3. The number of rotatable bonds is 6. The minimum Gasteiger partial charge on any atom is -0.349 e. The molecule has 1 heterocycles. The summed E-state index contributed by atoms with van der Waals surface area (Å²) in [4.78, 5) is 17.3. The minimum absolute atomic E-state index is 0.00594. The first kappa shape index (κ1) is 18.7. The molecule has 0 fully saturated rings. The molecule has 0 spiro atoms. The van der Waals surface area contributed by atoms with Crippen LogP contribution in [0.25, 0.3) is 5.69 Å². The van der Waals surface area contributed by atoms with Crippen molar-refractivity contribution in [1.29, 1.82) is 0 Å². The maximum absolute atomic E-state index is 13.3. The Kier molecular flexibility index (Phi) is 5.52. The molecule has 0 aliphatic heterocycles. The molecule has 0 aliphatic rings. The number of hydrogen-bond acceptors (Lipinski definition) is 2. The lowest BCUT2D eigenvalue weighted by Gasteiger charge is -2.21. The van der Waals surface area contributed by atoms with E-state index in [0.717, 1.165) is 22.4 Å². The number of hydrogen-bond donors (Lipinski definition) is 1. The van der Waals surface area contributed by atoms with Crippen LogP contribution in [0, 0.1) is 0 Å². The van der Waals surface area contributed by atoms with Gasteiger partial charge in [0.15, 0.2) is 0 Å². The smallest absolute Gasteiger partial charge is 0.232 e. The summed E-state index contributed by atoms with van der Waals surface area (Å²) in [6.07, 6.45) is 5.43. The Labute approximate surface area is 170 Å². The van der Waals surface area contributed by atoms with Gasteiger partial charge in [0.05, 0.1) is 18.3 Å². The summed E-state index contributed by atoms with van der Waals surface area (Å²) in [6.45, 7) is 2.01. The molecule has 0 radical (unpaired) electrons. The third kappa shape index (κ3) is 4.27. The van der Waals surface area contributed by atoms with Gasteiger partial charge in [-0.05, 0) is 35.7 Å². The van der Waals surface area contributed by atoms with Crippen LogP contribution in [0.3, 0.4) is 0 Å². The number of amides is 1. The molecule has 1 N–H and O–H groups in total. The highest BCUT2D eigenvalue weighted by Gasteiger charge is 2.24. The molecule has 0 saturated heterocycles. The van der Waals surface area contributed by atoms with Gasteiger partial charge in [0.2, 0.25) is 5.91 Å². The van der Waals surface area contributed by atoms with Crippen LogP contribution in [0.2, 0.25) is 0 Å². The normalized spacial score (nSPS) is 11.9. The lowest BCUT2D eigenvalue weighted by Crippen LogP contribution is -2.32. The van der Waals surface area contributed by atoms with Crippen LogP contribution in [0.4, 0.5) is 0 Å². The van der Waals surface area contributed by atoms with E-state index in [1.807, 2.05) is 103 Å². The molecule has 144 valence electrons. The number of carbonyl (C=O) groups excluding carboxylic acids is 1. The van der Waals surface area contributed by atoms with Crippen molar-refractivity contribution in [1.82, 2.24) is 14.9 Å². The van der Waals surface area contributed by atoms with Gasteiger partial charge < -0.3 is 9.88 Å². The van der Waals surface area contributed by atoms with Crippen LogP contribution in [0.15, 0.2) is 104 Å². The van der Waals surface area contributed by atoms with Crippen molar-refractivity contribution in [2.75, 3.05) is 0 Å². The van der Waals surface area contributed by atoms with Crippen LogP contribution in [0.5, 0.6) is 0 Å². The van der Waals surface area contributed by atoms with Crippen LogP contribution < -0.4 is 5.32 Å². The SMILES string of the molecule is C[C@@H](NC(=O)C(c1ccccc1)c1ccccc1)c1ccc(-n2ccnc2)cc1. The van der Waals surface area contributed by atoms with E-state index in [1.165, 1.54) is 0 Å². The first-order chi connectivity index (χ1) is 14.2. The largest absolute Gasteiger partial charge is 0.349 e. The molecule has 1 atom stereocenters. The Morgan fingerprint density at radius 1 is 0.828 bits per heavy atom. The van der Waals surface area contributed by atoms with Gasteiger partial charge in [-0.15, -0.1) is 0 Å². The first-order valence-corrected chi connectivity index (χ1v) is 9.71. The molecule has 4 heteroatoms. The Morgan fingerprint density at radius 2 is 1.41 bits per heavy atom. The predicted octanol–water partition coefficient (Wildman–Crippen LogP) is 4.88. The van der Waals surface area contributed by atoms with Crippen molar-refractivity contribution in [2.45, 2.75) is 18.9 Å². The second-order valence-corrected chi connectivity index (χ2v) is 7.05. The van der Waals surface area contributed by atoms with Crippen LogP contribution in [0.1, 0.15) is 35.6 Å². The molecular formula is C25H23N3O. The molecule has 0 saturated carbocycles. The van der Waals surface area contributed by atoms with E-state index in [1.54, 1.807) is 12.5 Å². The lowest BCUT2D eigenvalue weighted by molar-refractivity contribution is -0.122. The summed E-state index contributed by atoms with van der Waals surface area (Å²) < 4.78 is 1.95. The van der Waals surface area contributed by atoms with Gasteiger partial charge in [-0.2, -0.15) is 0 Å². The number of nitrogens with one attached hydrogen (secondary N) is 1. The Hall–Kier alpha value is -3.66. The van der Waals surface area contributed by atoms with E-state index in [0.29, 0.717) is 0 Å². The molecule has 4 rings (SSSR count). The highest BCUT2D eigenvalue weighted by molar-refractivity contribution is 5.87. The average molecular weight is 381 g/mol. The fourth-order valence-electron chi connectivity index (χ4n) is 3.51. The molecule has 3 aromatic carbocycles. The van der Waals surface area contributed by atoms with Gasteiger partial charge in [0.1, 0.15) is 0 Å². The van der Waals surface area contributed by atoms with Crippen molar-refractivity contribution in [2.24, 2.45) is 0 Å². The molecule has 0 bridgehead atoms. The fraction of sp³-hybridized carbons (Fsp3) is 0.120. The number of nitrogens with zero attached hydrogens (tertiary/aromatic N) is 2. The Balaban J connectivity index is 1.54. The maximum Gasteiger partial charge on any atom is 0.232 e. The van der Waals surface area contributed by atoms with Crippen LogP contribution in [-0.2, 0) is 4.79 Å². The summed E-state index contributed by atoms with van der Waals surface area (Å²) >= 11 is 0. The second kappa shape index (κ2) is 8.57. The summed E-state index contributed by atoms with van der Waals surface area (Å²) in [5.74, 6) is -0.348. The quantitative estimate of drug-likeness (QED) is 0.517. The van der Waals surface area contributed by atoms with Gasteiger partial charge >= 0.3 is 0 Å². The standard InChI is InChI=1S/C25H23N3O/c1-19(20-12-14-23(15-13-20)28-17-16-26-18-28)27-25(29)24(21-8-4-2-5-9-21)22-10-6-3-7-11-22/h2-19,24H,1H3,(H,27,29)/t19-/m1/s1. The van der Waals surface area contributed by atoms with Crippen molar-refractivity contribution in [3.05, 3.63) is 120 Å². The molecule has 29 heavy (non-hydrogen) atoms. The highest BCUT2D eigenvalue weighted by atomic mass is 16.1. The number of imidazole rings is 1. The van der Waals surface area contributed by atoms with Crippen molar-refractivity contribution in [3.63, 3.8) is 0 Å².